The van der Waals surface area contributed by atoms with E-state index in [0.29, 0.717) is 13.3 Å². The van der Waals surface area contributed by atoms with Crippen LogP contribution < -0.4 is 9.47 Å². The molecule has 0 fully saturated rings. The quantitative estimate of drug-likeness (QED) is 0.906. The van der Waals surface area contributed by atoms with Crippen molar-refractivity contribution < 1.29 is 14.6 Å². The summed E-state index contributed by atoms with van der Waals surface area (Å²) in [4.78, 5) is 2.12. The zero-order valence-corrected chi connectivity index (χ0v) is 12.1. The van der Waals surface area contributed by atoms with Crippen LogP contribution in [0, 0.1) is 5.41 Å². The van der Waals surface area contributed by atoms with Crippen LogP contribution >= 0.6 is 0 Å². The molecule has 106 valence electrons. The van der Waals surface area contributed by atoms with Gasteiger partial charge in [0.25, 0.3) is 0 Å². The lowest BCUT2D eigenvalue weighted by molar-refractivity contribution is 0.0333. The topological polar surface area (TPSA) is 41.9 Å². The number of hydrogen-bond acceptors (Lipinski definition) is 4. The molecule has 0 saturated heterocycles. The molecule has 1 aliphatic rings. The Hall–Kier alpha value is -1.26. The number of likely N-dealkylation sites (N-methyl/N-ethyl adjacent to an activating group) is 1. The smallest absolute Gasteiger partial charge is 0.231 e. The molecule has 0 aliphatic carbocycles. The van der Waals surface area contributed by atoms with Crippen molar-refractivity contribution in [1.29, 1.82) is 0 Å². The second-order valence-electron chi connectivity index (χ2n) is 6.27. The molecule has 0 unspecified atom stereocenters. The van der Waals surface area contributed by atoms with Crippen molar-refractivity contribution in [3.8, 4) is 11.5 Å². The number of benzene rings is 1. The largest absolute Gasteiger partial charge is 0.454 e. The van der Waals surface area contributed by atoms with Gasteiger partial charge in [-0.05, 0) is 30.2 Å². The van der Waals surface area contributed by atoms with E-state index in [-0.39, 0.29) is 11.5 Å². The SMILES string of the molecule is CN(Cc1ccc2c(c1)OCO2)C[C@@H](O)C(C)(C)C. The summed E-state index contributed by atoms with van der Waals surface area (Å²) in [6.45, 7) is 7.88. The van der Waals surface area contributed by atoms with E-state index in [1.54, 1.807) is 0 Å². The number of hydrogen-bond donors (Lipinski definition) is 1. The van der Waals surface area contributed by atoms with Crippen LogP contribution in [0.5, 0.6) is 11.5 Å². The van der Waals surface area contributed by atoms with Crippen molar-refractivity contribution in [2.45, 2.75) is 33.4 Å². The molecule has 1 heterocycles. The molecular weight excluding hydrogens is 242 g/mol. The second kappa shape index (κ2) is 5.39. The average molecular weight is 265 g/mol. The van der Waals surface area contributed by atoms with Crippen LogP contribution in [0.4, 0.5) is 0 Å². The van der Waals surface area contributed by atoms with Crippen molar-refractivity contribution >= 4 is 0 Å². The molecule has 1 aromatic carbocycles. The minimum atomic E-state index is -0.341. The maximum absolute atomic E-state index is 10.1. The minimum absolute atomic E-state index is 0.0941. The van der Waals surface area contributed by atoms with Crippen LogP contribution in [0.15, 0.2) is 18.2 Å². The third-order valence-electron chi connectivity index (χ3n) is 3.37. The summed E-state index contributed by atoms with van der Waals surface area (Å²) in [6.07, 6.45) is -0.341. The minimum Gasteiger partial charge on any atom is -0.454 e. The van der Waals surface area contributed by atoms with Gasteiger partial charge in [-0.2, -0.15) is 0 Å². The van der Waals surface area contributed by atoms with E-state index < -0.39 is 0 Å². The highest BCUT2D eigenvalue weighted by atomic mass is 16.7. The van der Waals surface area contributed by atoms with E-state index in [0.717, 1.165) is 23.6 Å². The number of fused-ring (bicyclic) bond motifs is 1. The molecule has 19 heavy (non-hydrogen) atoms. The van der Waals surface area contributed by atoms with Crippen molar-refractivity contribution in [1.82, 2.24) is 4.90 Å². The summed E-state index contributed by atoms with van der Waals surface area (Å²) in [7, 11) is 2.01. The van der Waals surface area contributed by atoms with E-state index >= 15 is 0 Å². The highest BCUT2D eigenvalue weighted by molar-refractivity contribution is 5.44. The van der Waals surface area contributed by atoms with Crippen LogP contribution in [-0.2, 0) is 6.54 Å². The van der Waals surface area contributed by atoms with Crippen LogP contribution in [-0.4, -0.2) is 36.5 Å². The Morgan fingerprint density at radius 3 is 2.63 bits per heavy atom. The molecule has 1 aromatic rings. The van der Waals surface area contributed by atoms with Gasteiger partial charge >= 0.3 is 0 Å². The van der Waals surface area contributed by atoms with Gasteiger partial charge in [0.2, 0.25) is 6.79 Å². The Bertz CT molecular complexity index is 440. The molecule has 0 amide bonds. The normalized spacial score (nSPS) is 15.9. The number of aliphatic hydroxyl groups is 1. The molecule has 1 aliphatic heterocycles. The lowest BCUT2D eigenvalue weighted by Gasteiger charge is -2.29. The summed E-state index contributed by atoms with van der Waals surface area (Å²) in [5, 5.41) is 10.1. The van der Waals surface area contributed by atoms with Crippen molar-refractivity contribution in [3.05, 3.63) is 23.8 Å². The van der Waals surface area contributed by atoms with E-state index in [4.69, 9.17) is 9.47 Å². The number of rotatable bonds is 4. The first-order valence-corrected chi connectivity index (χ1v) is 6.61. The molecule has 0 aromatic heterocycles. The number of ether oxygens (including phenoxy) is 2. The van der Waals surface area contributed by atoms with Crippen LogP contribution in [0.25, 0.3) is 0 Å². The third-order valence-corrected chi connectivity index (χ3v) is 3.37. The molecule has 0 spiro atoms. The fourth-order valence-corrected chi connectivity index (χ4v) is 1.98. The van der Waals surface area contributed by atoms with Gasteiger partial charge in [-0.25, -0.2) is 0 Å². The average Bonchev–Trinajstić information content (AvgIpc) is 2.74. The molecular formula is C15H23NO3. The number of aliphatic hydroxyl groups excluding tert-OH is 1. The van der Waals surface area contributed by atoms with Crippen LogP contribution in [0.3, 0.4) is 0 Å². The maximum Gasteiger partial charge on any atom is 0.231 e. The first-order chi connectivity index (χ1) is 8.86. The molecule has 1 atom stereocenters. The molecule has 1 N–H and O–H groups in total. The van der Waals surface area contributed by atoms with Gasteiger partial charge in [-0.1, -0.05) is 26.8 Å². The van der Waals surface area contributed by atoms with Gasteiger partial charge in [-0.15, -0.1) is 0 Å². The van der Waals surface area contributed by atoms with E-state index in [1.165, 1.54) is 0 Å². The maximum atomic E-state index is 10.1. The van der Waals surface area contributed by atoms with Gasteiger partial charge in [0.05, 0.1) is 6.10 Å². The van der Waals surface area contributed by atoms with Crippen molar-refractivity contribution in [3.63, 3.8) is 0 Å². The zero-order chi connectivity index (χ0) is 14.0. The Morgan fingerprint density at radius 1 is 1.26 bits per heavy atom. The van der Waals surface area contributed by atoms with Gasteiger partial charge in [-0.3, -0.25) is 4.90 Å². The molecule has 0 radical (unpaired) electrons. The monoisotopic (exact) mass is 265 g/mol. The Labute approximate surface area is 114 Å². The summed E-state index contributed by atoms with van der Waals surface area (Å²) >= 11 is 0. The molecule has 4 heteroatoms. The molecule has 0 saturated carbocycles. The number of nitrogens with zero attached hydrogens (tertiary/aromatic N) is 1. The standard InChI is InChI=1S/C15H23NO3/c1-15(2,3)14(17)9-16(4)8-11-5-6-12-13(7-11)19-10-18-12/h5-7,14,17H,8-10H2,1-4H3/t14-/m1/s1. The predicted molar refractivity (Wildman–Crippen MR) is 74.4 cm³/mol. The highest BCUT2D eigenvalue weighted by Gasteiger charge is 2.23. The highest BCUT2D eigenvalue weighted by Crippen LogP contribution is 2.32. The Balaban J connectivity index is 1.94. The molecule has 2 rings (SSSR count). The van der Waals surface area contributed by atoms with E-state index in [2.05, 4.69) is 4.90 Å². The van der Waals surface area contributed by atoms with E-state index in [9.17, 15) is 5.11 Å². The lowest BCUT2D eigenvalue weighted by Crippen LogP contribution is -2.37. The summed E-state index contributed by atoms with van der Waals surface area (Å²) in [5.41, 5.74) is 1.07. The first-order valence-electron chi connectivity index (χ1n) is 6.61. The molecule has 4 nitrogen and oxygen atoms in total. The second-order valence-corrected chi connectivity index (χ2v) is 6.27. The van der Waals surface area contributed by atoms with Gasteiger partial charge in [0.15, 0.2) is 11.5 Å². The van der Waals surface area contributed by atoms with E-state index in [1.807, 2.05) is 46.0 Å². The van der Waals surface area contributed by atoms with Gasteiger partial charge < -0.3 is 14.6 Å². The fraction of sp³-hybridized carbons (Fsp3) is 0.600. The van der Waals surface area contributed by atoms with Crippen LogP contribution in [0.2, 0.25) is 0 Å². The third kappa shape index (κ3) is 3.61. The van der Waals surface area contributed by atoms with Gasteiger partial charge in [0, 0.05) is 13.1 Å². The summed E-state index contributed by atoms with van der Waals surface area (Å²) < 4.78 is 10.7. The van der Waals surface area contributed by atoms with Gasteiger partial charge in [0.1, 0.15) is 0 Å². The van der Waals surface area contributed by atoms with Crippen molar-refractivity contribution in [2.75, 3.05) is 20.4 Å². The Morgan fingerprint density at radius 2 is 1.95 bits per heavy atom. The summed E-state index contributed by atoms with van der Waals surface area (Å²) in [5.74, 6) is 1.61. The Kier molecular flexibility index (Phi) is 4.02. The van der Waals surface area contributed by atoms with Crippen LogP contribution in [0.1, 0.15) is 26.3 Å². The lowest BCUT2D eigenvalue weighted by atomic mass is 9.89. The van der Waals surface area contributed by atoms with Crippen molar-refractivity contribution in [2.24, 2.45) is 5.41 Å². The zero-order valence-electron chi connectivity index (χ0n) is 12.1. The predicted octanol–water partition coefficient (Wildman–Crippen LogP) is 2.25. The summed E-state index contributed by atoms with van der Waals surface area (Å²) in [6, 6.07) is 5.97. The first kappa shape index (κ1) is 14.2. The molecule has 0 bridgehead atoms. The fourth-order valence-electron chi connectivity index (χ4n) is 1.98.